The molecule has 20 heavy (non-hydrogen) atoms. The molecule has 0 amide bonds. The van der Waals surface area contributed by atoms with Crippen molar-refractivity contribution in [3.63, 3.8) is 0 Å². The number of benzene rings is 2. The molecular weight excluding hydrogens is 272 g/mol. The molecule has 0 aliphatic heterocycles. The number of carbonyl (C=O) groups is 1. The number of carbonyl (C=O) groups excluding carboxylic acids is 1. The summed E-state index contributed by atoms with van der Waals surface area (Å²) < 4.78 is 5.20. The Bertz CT molecular complexity index is 607. The summed E-state index contributed by atoms with van der Waals surface area (Å²) >= 11 is 5.78. The van der Waals surface area contributed by atoms with Crippen LogP contribution in [0.5, 0.6) is 5.75 Å². The van der Waals surface area contributed by atoms with Crippen molar-refractivity contribution in [3.05, 3.63) is 65.2 Å². The van der Waals surface area contributed by atoms with E-state index in [1.807, 2.05) is 49.4 Å². The number of halogens is 1. The lowest BCUT2D eigenvalue weighted by Crippen LogP contribution is -2.10. The first-order valence-electron chi connectivity index (χ1n) is 6.49. The van der Waals surface area contributed by atoms with Gasteiger partial charge in [-0.3, -0.25) is 4.79 Å². The normalized spacial score (nSPS) is 11.9. The van der Waals surface area contributed by atoms with Gasteiger partial charge in [0.1, 0.15) is 5.75 Å². The molecule has 3 heteroatoms. The van der Waals surface area contributed by atoms with Crippen LogP contribution < -0.4 is 4.74 Å². The third-order valence-corrected chi connectivity index (χ3v) is 3.56. The summed E-state index contributed by atoms with van der Waals surface area (Å²) in [4.78, 5) is 11.8. The number of hydrogen-bond acceptors (Lipinski definition) is 2. The van der Waals surface area contributed by atoms with Gasteiger partial charge in [-0.2, -0.15) is 0 Å². The number of ether oxygens (including phenoxy) is 1. The molecule has 1 atom stereocenters. The van der Waals surface area contributed by atoms with Gasteiger partial charge in [0, 0.05) is 0 Å². The van der Waals surface area contributed by atoms with Crippen molar-refractivity contribution >= 4 is 16.8 Å². The molecule has 1 unspecified atom stereocenters. The Morgan fingerprint density at radius 2 is 1.95 bits per heavy atom. The predicted octanol–water partition coefficient (Wildman–Crippen LogP) is 4.10. The van der Waals surface area contributed by atoms with Gasteiger partial charge >= 0.3 is 0 Å². The number of hydrogen-bond donors (Lipinski definition) is 0. The van der Waals surface area contributed by atoms with Crippen molar-refractivity contribution < 1.29 is 9.53 Å². The standard InChI is InChI=1S/C17H17ClO2/c1-12-5-3-6-13(9-12)10-16(17(18)19)14-7-4-8-15(11-14)20-2/h3-9,11,16H,10H2,1-2H3. The predicted molar refractivity (Wildman–Crippen MR) is 81.5 cm³/mol. The highest BCUT2D eigenvalue weighted by atomic mass is 35.5. The molecule has 0 saturated heterocycles. The van der Waals surface area contributed by atoms with Gasteiger partial charge in [0.25, 0.3) is 0 Å². The van der Waals surface area contributed by atoms with E-state index in [1.54, 1.807) is 7.11 Å². The molecule has 0 fully saturated rings. The molecular formula is C17H17ClO2. The van der Waals surface area contributed by atoms with Gasteiger partial charge in [0.15, 0.2) is 0 Å². The molecule has 0 N–H and O–H groups in total. The summed E-state index contributed by atoms with van der Waals surface area (Å²) in [6.45, 7) is 2.03. The molecule has 0 saturated carbocycles. The first kappa shape index (κ1) is 14.6. The van der Waals surface area contributed by atoms with E-state index in [0.29, 0.717) is 6.42 Å². The smallest absolute Gasteiger partial charge is 0.229 e. The lowest BCUT2D eigenvalue weighted by molar-refractivity contribution is -0.113. The fraction of sp³-hybridized carbons (Fsp3) is 0.235. The molecule has 0 bridgehead atoms. The summed E-state index contributed by atoms with van der Waals surface area (Å²) in [7, 11) is 1.61. The highest BCUT2D eigenvalue weighted by Crippen LogP contribution is 2.26. The van der Waals surface area contributed by atoms with Crippen LogP contribution in [0.4, 0.5) is 0 Å². The second-order valence-electron chi connectivity index (χ2n) is 4.83. The SMILES string of the molecule is COc1cccc(C(Cc2cccc(C)c2)C(=O)Cl)c1. The van der Waals surface area contributed by atoms with E-state index in [9.17, 15) is 4.79 Å². The quantitative estimate of drug-likeness (QED) is 0.775. The van der Waals surface area contributed by atoms with Crippen LogP contribution in [0.1, 0.15) is 22.6 Å². The largest absolute Gasteiger partial charge is 0.497 e. The van der Waals surface area contributed by atoms with E-state index >= 15 is 0 Å². The molecule has 0 heterocycles. The zero-order valence-electron chi connectivity index (χ0n) is 11.6. The van der Waals surface area contributed by atoms with E-state index in [4.69, 9.17) is 16.3 Å². The fourth-order valence-electron chi connectivity index (χ4n) is 2.26. The molecule has 2 aromatic rings. The van der Waals surface area contributed by atoms with E-state index < -0.39 is 0 Å². The van der Waals surface area contributed by atoms with Crippen LogP contribution in [-0.2, 0) is 11.2 Å². The molecule has 0 aliphatic rings. The summed E-state index contributed by atoms with van der Waals surface area (Å²) in [6, 6.07) is 15.6. The maximum absolute atomic E-state index is 11.8. The van der Waals surface area contributed by atoms with Gasteiger partial charge < -0.3 is 4.74 Å². The maximum Gasteiger partial charge on any atom is 0.229 e. The monoisotopic (exact) mass is 288 g/mol. The van der Waals surface area contributed by atoms with Crippen LogP contribution in [0.15, 0.2) is 48.5 Å². The number of methoxy groups -OCH3 is 1. The Labute approximate surface area is 124 Å². The molecule has 0 aromatic heterocycles. The Hall–Kier alpha value is -1.80. The Morgan fingerprint density at radius 3 is 2.60 bits per heavy atom. The summed E-state index contributed by atoms with van der Waals surface area (Å²) in [5.41, 5.74) is 3.16. The van der Waals surface area contributed by atoms with E-state index in [1.165, 1.54) is 5.56 Å². The molecule has 2 rings (SSSR count). The Morgan fingerprint density at radius 1 is 1.20 bits per heavy atom. The molecule has 0 radical (unpaired) electrons. The van der Waals surface area contributed by atoms with E-state index in [2.05, 4.69) is 6.07 Å². The van der Waals surface area contributed by atoms with Crippen LogP contribution in [0, 0.1) is 6.92 Å². The minimum absolute atomic E-state index is 0.347. The van der Waals surface area contributed by atoms with Crippen molar-refractivity contribution in [2.75, 3.05) is 7.11 Å². The molecule has 2 aromatic carbocycles. The van der Waals surface area contributed by atoms with Gasteiger partial charge in [-0.15, -0.1) is 0 Å². The third kappa shape index (κ3) is 3.61. The second kappa shape index (κ2) is 6.58. The topological polar surface area (TPSA) is 26.3 Å². The highest BCUT2D eigenvalue weighted by molar-refractivity contribution is 6.64. The van der Waals surface area contributed by atoms with Crippen LogP contribution in [0.2, 0.25) is 0 Å². The van der Waals surface area contributed by atoms with Gasteiger partial charge in [-0.1, -0.05) is 42.0 Å². The third-order valence-electron chi connectivity index (χ3n) is 3.29. The van der Waals surface area contributed by atoms with Crippen molar-refractivity contribution in [2.45, 2.75) is 19.3 Å². The zero-order valence-corrected chi connectivity index (χ0v) is 12.4. The van der Waals surface area contributed by atoms with Crippen molar-refractivity contribution in [2.24, 2.45) is 0 Å². The average Bonchev–Trinajstić information content (AvgIpc) is 2.44. The minimum atomic E-state index is -0.353. The Balaban J connectivity index is 2.29. The summed E-state index contributed by atoms with van der Waals surface area (Å²) in [5.74, 6) is 0.378. The van der Waals surface area contributed by atoms with E-state index in [0.717, 1.165) is 16.9 Å². The Kier molecular flexibility index (Phi) is 4.80. The van der Waals surface area contributed by atoms with Crippen LogP contribution in [-0.4, -0.2) is 12.4 Å². The van der Waals surface area contributed by atoms with Gasteiger partial charge in [-0.25, -0.2) is 0 Å². The lowest BCUT2D eigenvalue weighted by atomic mass is 9.92. The van der Waals surface area contributed by atoms with E-state index in [-0.39, 0.29) is 11.2 Å². The van der Waals surface area contributed by atoms with Crippen molar-refractivity contribution in [1.29, 1.82) is 0 Å². The fourth-order valence-corrected chi connectivity index (χ4v) is 2.47. The second-order valence-corrected chi connectivity index (χ2v) is 5.20. The molecule has 104 valence electrons. The van der Waals surface area contributed by atoms with Crippen molar-refractivity contribution in [1.82, 2.24) is 0 Å². The van der Waals surface area contributed by atoms with Gasteiger partial charge in [0.2, 0.25) is 5.24 Å². The van der Waals surface area contributed by atoms with Gasteiger partial charge in [-0.05, 0) is 48.2 Å². The van der Waals surface area contributed by atoms with Gasteiger partial charge in [0.05, 0.1) is 13.0 Å². The first-order chi connectivity index (χ1) is 9.60. The molecule has 0 spiro atoms. The highest BCUT2D eigenvalue weighted by Gasteiger charge is 2.19. The van der Waals surface area contributed by atoms with Crippen LogP contribution in [0.25, 0.3) is 0 Å². The zero-order chi connectivity index (χ0) is 14.5. The number of rotatable bonds is 5. The molecule has 0 aliphatic carbocycles. The first-order valence-corrected chi connectivity index (χ1v) is 6.87. The maximum atomic E-state index is 11.8. The van der Waals surface area contributed by atoms with Crippen molar-refractivity contribution in [3.8, 4) is 5.75 Å². The van der Waals surface area contributed by atoms with Crippen LogP contribution >= 0.6 is 11.6 Å². The summed E-state index contributed by atoms with van der Waals surface area (Å²) in [5, 5.41) is -0.347. The molecule has 2 nitrogen and oxygen atoms in total. The average molecular weight is 289 g/mol. The van der Waals surface area contributed by atoms with Crippen LogP contribution in [0.3, 0.4) is 0 Å². The number of aryl methyl sites for hydroxylation is 1. The lowest BCUT2D eigenvalue weighted by Gasteiger charge is -2.14. The minimum Gasteiger partial charge on any atom is -0.497 e. The summed E-state index contributed by atoms with van der Waals surface area (Å²) in [6.07, 6.45) is 0.594.